The highest BCUT2D eigenvalue weighted by atomic mass is 19.4. The number of nitrogens with one attached hydrogen (secondary N) is 1. The Morgan fingerprint density at radius 2 is 1.69 bits per heavy atom. The summed E-state index contributed by atoms with van der Waals surface area (Å²) >= 11 is 0. The van der Waals surface area contributed by atoms with Gasteiger partial charge in [-0.2, -0.15) is 13.2 Å². The molecule has 1 heterocycles. The maximum atomic E-state index is 13.3. The van der Waals surface area contributed by atoms with Crippen molar-refractivity contribution in [1.29, 1.82) is 0 Å². The summed E-state index contributed by atoms with van der Waals surface area (Å²) in [6.07, 6.45) is -1.43. The Labute approximate surface area is 204 Å². The van der Waals surface area contributed by atoms with Gasteiger partial charge >= 0.3 is 12.2 Å². The van der Waals surface area contributed by atoms with Gasteiger partial charge in [0.2, 0.25) is 0 Å². The van der Waals surface area contributed by atoms with E-state index < -0.39 is 17.8 Å². The topological polar surface area (TPSA) is 35.6 Å². The Hall–Kier alpha value is -3.32. The fourth-order valence-corrected chi connectivity index (χ4v) is 4.57. The molecule has 0 spiro atoms. The maximum Gasteiger partial charge on any atom is 0.416 e. The lowest BCUT2D eigenvalue weighted by Gasteiger charge is -2.35. The summed E-state index contributed by atoms with van der Waals surface area (Å²) < 4.78 is 39.4. The van der Waals surface area contributed by atoms with Crippen LogP contribution in [0.2, 0.25) is 0 Å². The summed E-state index contributed by atoms with van der Waals surface area (Å²) in [5, 5.41) is 2.67. The van der Waals surface area contributed by atoms with Crippen molar-refractivity contribution in [2.45, 2.75) is 25.4 Å². The molecule has 4 rings (SSSR count). The third kappa shape index (κ3) is 7.09. The number of carbonyl (C=O) groups is 1. The molecular weight excluding hydrogens is 451 g/mol. The van der Waals surface area contributed by atoms with Crippen molar-refractivity contribution in [3.63, 3.8) is 0 Å². The second kappa shape index (κ2) is 11.4. The van der Waals surface area contributed by atoms with Crippen LogP contribution in [0.15, 0.2) is 84.9 Å². The number of urea groups is 1. The summed E-state index contributed by atoms with van der Waals surface area (Å²) in [6.45, 7) is 3.37. The van der Waals surface area contributed by atoms with Crippen LogP contribution in [-0.2, 0) is 12.6 Å². The number of alkyl halides is 3. The number of likely N-dealkylation sites (tertiary alicyclic amines) is 1. The number of benzene rings is 3. The minimum Gasteiger partial charge on any atom is -0.308 e. The first-order chi connectivity index (χ1) is 16.9. The first kappa shape index (κ1) is 24.8. The molecule has 7 heteroatoms. The van der Waals surface area contributed by atoms with Gasteiger partial charge in [0.15, 0.2) is 0 Å². The molecule has 0 radical (unpaired) electrons. The molecule has 1 atom stereocenters. The van der Waals surface area contributed by atoms with Crippen molar-refractivity contribution in [2.24, 2.45) is 5.92 Å². The summed E-state index contributed by atoms with van der Waals surface area (Å²) in [7, 11) is 0. The molecule has 3 aromatic carbocycles. The molecule has 1 N–H and O–H groups in total. The molecule has 1 saturated heterocycles. The molecule has 1 aliphatic rings. The number of rotatable bonds is 7. The molecule has 1 fully saturated rings. The molecule has 1 unspecified atom stereocenters. The van der Waals surface area contributed by atoms with E-state index in [0.717, 1.165) is 56.7 Å². The van der Waals surface area contributed by atoms with Crippen LogP contribution in [0.4, 0.5) is 29.3 Å². The SMILES string of the molecule is O=C(Nc1cccc(C(F)(F)F)c1)N(CC1CCCN(CCc2ccccc2)C1)c1ccccc1. The fourth-order valence-electron chi connectivity index (χ4n) is 4.57. The molecule has 2 amide bonds. The van der Waals surface area contributed by atoms with Crippen molar-refractivity contribution >= 4 is 17.4 Å². The third-order valence-electron chi connectivity index (χ3n) is 6.36. The monoisotopic (exact) mass is 481 g/mol. The molecular formula is C28H30F3N3O. The standard InChI is InChI=1S/C28H30F3N3O/c29-28(30,31)24-12-7-13-25(19-24)32-27(35)34(26-14-5-2-6-15-26)21-23-11-8-17-33(20-23)18-16-22-9-3-1-4-10-22/h1-7,9-10,12-15,19,23H,8,11,16-18,20-21H2,(H,32,35). The Balaban J connectivity index is 1.44. The summed E-state index contributed by atoms with van der Waals surface area (Å²) in [5.74, 6) is 0.270. The molecule has 4 nitrogen and oxygen atoms in total. The first-order valence-electron chi connectivity index (χ1n) is 12.0. The first-order valence-corrected chi connectivity index (χ1v) is 12.0. The van der Waals surface area contributed by atoms with E-state index in [1.807, 2.05) is 36.4 Å². The molecule has 0 aromatic heterocycles. The molecule has 0 saturated carbocycles. The maximum absolute atomic E-state index is 13.3. The van der Waals surface area contributed by atoms with Crippen molar-refractivity contribution in [2.75, 3.05) is 36.4 Å². The highest BCUT2D eigenvalue weighted by molar-refractivity contribution is 6.01. The van der Waals surface area contributed by atoms with Gasteiger partial charge in [-0.05, 0) is 67.6 Å². The van der Waals surface area contributed by atoms with Gasteiger partial charge in [0, 0.05) is 31.0 Å². The van der Waals surface area contributed by atoms with E-state index in [1.165, 1.54) is 17.7 Å². The number of anilines is 2. The quantitative estimate of drug-likeness (QED) is 0.408. The van der Waals surface area contributed by atoms with Gasteiger partial charge in [0.25, 0.3) is 0 Å². The highest BCUT2D eigenvalue weighted by Crippen LogP contribution is 2.31. The van der Waals surface area contributed by atoms with Crippen LogP contribution in [-0.4, -0.2) is 37.1 Å². The minimum atomic E-state index is -4.47. The van der Waals surface area contributed by atoms with Crippen molar-refractivity contribution in [3.05, 3.63) is 96.1 Å². The van der Waals surface area contributed by atoms with E-state index in [-0.39, 0.29) is 11.6 Å². The zero-order valence-electron chi connectivity index (χ0n) is 19.5. The molecule has 0 bridgehead atoms. The zero-order valence-corrected chi connectivity index (χ0v) is 19.5. The lowest BCUT2D eigenvalue weighted by atomic mass is 9.96. The van der Waals surface area contributed by atoms with Crippen LogP contribution >= 0.6 is 0 Å². The largest absolute Gasteiger partial charge is 0.416 e. The second-order valence-electron chi connectivity index (χ2n) is 9.00. The number of amides is 2. The van der Waals surface area contributed by atoms with E-state index in [2.05, 4.69) is 34.5 Å². The van der Waals surface area contributed by atoms with E-state index in [4.69, 9.17) is 0 Å². The Morgan fingerprint density at radius 1 is 0.971 bits per heavy atom. The summed E-state index contributed by atoms with van der Waals surface area (Å²) in [4.78, 5) is 17.3. The number of para-hydroxylation sites is 1. The molecule has 0 aliphatic carbocycles. The third-order valence-corrected chi connectivity index (χ3v) is 6.36. The minimum absolute atomic E-state index is 0.124. The van der Waals surface area contributed by atoms with Gasteiger partial charge < -0.3 is 10.2 Å². The highest BCUT2D eigenvalue weighted by Gasteiger charge is 2.31. The predicted octanol–water partition coefficient (Wildman–Crippen LogP) is 6.70. The molecule has 184 valence electrons. The predicted molar refractivity (Wildman–Crippen MR) is 134 cm³/mol. The Bertz CT molecular complexity index is 1090. The normalized spacial score (nSPS) is 16.6. The van der Waals surface area contributed by atoms with Crippen molar-refractivity contribution in [3.8, 4) is 0 Å². The van der Waals surface area contributed by atoms with Gasteiger partial charge in [-0.25, -0.2) is 4.79 Å². The zero-order chi connectivity index (χ0) is 24.7. The van der Waals surface area contributed by atoms with Crippen LogP contribution < -0.4 is 10.2 Å². The van der Waals surface area contributed by atoms with Crippen LogP contribution in [0.1, 0.15) is 24.0 Å². The summed E-state index contributed by atoms with van der Waals surface area (Å²) in [6, 6.07) is 24.0. The van der Waals surface area contributed by atoms with Gasteiger partial charge in [-0.3, -0.25) is 4.90 Å². The lowest BCUT2D eigenvalue weighted by molar-refractivity contribution is -0.137. The summed E-state index contributed by atoms with van der Waals surface area (Å²) in [5.41, 5.74) is 1.36. The smallest absolute Gasteiger partial charge is 0.308 e. The Morgan fingerprint density at radius 3 is 2.40 bits per heavy atom. The number of hydrogen-bond donors (Lipinski definition) is 1. The average Bonchev–Trinajstić information content (AvgIpc) is 2.87. The molecule has 1 aliphatic heterocycles. The van der Waals surface area contributed by atoms with E-state index in [0.29, 0.717) is 6.54 Å². The molecule has 35 heavy (non-hydrogen) atoms. The van der Waals surface area contributed by atoms with Crippen LogP contribution in [0.25, 0.3) is 0 Å². The van der Waals surface area contributed by atoms with E-state index in [1.54, 1.807) is 4.90 Å². The van der Waals surface area contributed by atoms with Gasteiger partial charge in [0.1, 0.15) is 0 Å². The van der Waals surface area contributed by atoms with Crippen LogP contribution in [0.5, 0.6) is 0 Å². The molecule has 3 aromatic rings. The van der Waals surface area contributed by atoms with Crippen molar-refractivity contribution < 1.29 is 18.0 Å². The average molecular weight is 482 g/mol. The Kier molecular flexibility index (Phi) is 8.08. The number of carbonyl (C=O) groups excluding carboxylic acids is 1. The number of piperidine rings is 1. The van der Waals surface area contributed by atoms with Crippen molar-refractivity contribution in [1.82, 2.24) is 4.90 Å². The second-order valence-corrected chi connectivity index (χ2v) is 9.00. The van der Waals surface area contributed by atoms with Crippen LogP contribution in [0.3, 0.4) is 0 Å². The number of hydrogen-bond acceptors (Lipinski definition) is 2. The van der Waals surface area contributed by atoms with Gasteiger partial charge in [0.05, 0.1) is 5.56 Å². The van der Waals surface area contributed by atoms with E-state index >= 15 is 0 Å². The fraction of sp³-hybridized carbons (Fsp3) is 0.321. The van der Waals surface area contributed by atoms with Gasteiger partial charge in [-0.15, -0.1) is 0 Å². The number of nitrogens with zero attached hydrogens (tertiary/aromatic N) is 2. The lowest BCUT2D eigenvalue weighted by Crippen LogP contribution is -2.44. The number of halogens is 3. The van der Waals surface area contributed by atoms with E-state index in [9.17, 15) is 18.0 Å². The van der Waals surface area contributed by atoms with Crippen LogP contribution in [0, 0.1) is 5.92 Å². The van der Waals surface area contributed by atoms with Gasteiger partial charge in [-0.1, -0.05) is 54.6 Å².